The number of aliphatic carboxylic acids is 1. The molecule has 1 saturated heterocycles. The molecular weight excluding hydrogens is 378 g/mol. The molecule has 30 heavy (non-hydrogen) atoms. The summed E-state index contributed by atoms with van der Waals surface area (Å²) in [5.74, 6) is -2.33. The van der Waals surface area contributed by atoms with E-state index in [2.05, 4.69) is 39.4 Å². The minimum absolute atomic E-state index is 0.226. The average Bonchev–Trinajstić information content (AvgIpc) is 2.80. The van der Waals surface area contributed by atoms with Gasteiger partial charge in [0, 0.05) is 43.2 Å². The number of amides is 1. The number of anilines is 3. The molecule has 2 N–H and O–H groups in total. The van der Waals surface area contributed by atoms with E-state index in [9.17, 15) is 14.7 Å². The number of hydrogen-bond acceptors (Lipinski definition) is 4. The summed E-state index contributed by atoms with van der Waals surface area (Å²) < 4.78 is 0. The number of benzene rings is 2. The zero-order chi connectivity index (χ0) is 20.9. The van der Waals surface area contributed by atoms with E-state index in [1.165, 1.54) is 5.69 Å². The van der Waals surface area contributed by atoms with Gasteiger partial charge in [0.2, 0.25) is 5.91 Å². The van der Waals surface area contributed by atoms with E-state index in [4.69, 9.17) is 0 Å². The normalized spacial score (nSPS) is 21.3. The van der Waals surface area contributed by atoms with Crippen LogP contribution in [0.25, 0.3) is 0 Å². The van der Waals surface area contributed by atoms with E-state index in [0.717, 1.165) is 31.9 Å². The highest BCUT2D eigenvalue weighted by atomic mass is 16.4. The molecule has 2 atom stereocenters. The third kappa shape index (κ3) is 4.48. The monoisotopic (exact) mass is 405 g/mol. The van der Waals surface area contributed by atoms with Crippen LogP contribution in [0.15, 0.2) is 66.7 Å². The van der Waals surface area contributed by atoms with Gasteiger partial charge in [-0.05, 0) is 49.2 Å². The molecule has 156 valence electrons. The number of piperazine rings is 1. The van der Waals surface area contributed by atoms with Gasteiger partial charge in [0.05, 0.1) is 11.8 Å². The molecule has 0 bridgehead atoms. The number of carboxylic acid groups (broad SMARTS) is 1. The second-order valence-corrected chi connectivity index (χ2v) is 7.84. The predicted octanol–water partition coefficient (Wildman–Crippen LogP) is 3.62. The molecule has 1 fully saturated rings. The van der Waals surface area contributed by atoms with Crippen molar-refractivity contribution in [1.29, 1.82) is 0 Å². The van der Waals surface area contributed by atoms with Gasteiger partial charge in [-0.1, -0.05) is 30.4 Å². The predicted molar refractivity (Wildman–Crippen MR) is 119 cm³/mol. The second-order valence-electron chi connectivity index (χ2n) is 7.84. The Kier molecular flexibility index (Phi) is 6.02. The number of rotatable bonds is 5. The third-order valence-corrected chi connectivity index (χ3v) is 5.99. The summed E-state index contributed by atoms with van der Waals surface area (Å²) in [7, 11) is 0. The summed E-state index contributed by atoms with van der Waals surface area (Å²) in [5.41, 5.74) is 3.09. The Hall–Kier alpha value is -3.28. The molecule has 0 radical (unpaired) electrons. The standard InChI is InChI=1S/C24H27N3O3/c28-23(21-8-4-5-9-22(21)24(29)30)25-18-10-12-20(13-11-18)27-16-14-26(15-17-27)19-6-2-1-3-7-19/h1-7,10-13,21-22H,8-9,14-17H2,(H,25,28)(H,29,30)/t21-,22+/m1/s1. The molecular formula is C24H27N3O3. The molecule has 1 aliphatic heterocycles. The van der Waals surface area contributed by atoms with Crippen molar-refractivity contribution in [2.24, 2.45) is 11.8 Å². The fraction of sp³-hybridized carbons (Fsp3) is 0.333. The molecule has 1 heterocycles. The second kappa shape index (κ2) is 9.03. The van der Waals surface area contributed by atoms with Crippen molar-refractivity contribution >= 4 is 28.9 Å². The largest absolute Gasteiger partial charge is 0.481 e. The fourth-order valence-electron chi connectivity index (χ4n) is 4.23. The van der Waals surface area contributed by atoms with E-state index in [0.29, 0.717) is 18.5 Å². The minimum atomic E-state index is -0.913. The number of carbonyl (C=O) groups is 2. The maximum absolute atomic E-state index is 12.6. The number of para-hydroxylation sites is 1. The number of allylic oxidation sites excluding steroid dienone is 2. The summed E-state index contributed by atoms with van der Waals surface area (Å²) in [6.07, 6.45) is 4.60. The lowest BCUT2D eigenvalue weighted by atomic mass is 9.82. The average molecular weight is 405 g/mol. The van der Waals surface area contributed by atoms with Gasteiger partial charge in [0.25, 0.3) is 0 Å². The van der Waals surface area contributed by atoms with Crippen LogP contribution in [0.1, 0.15) is 12.8 Å². The van der Waals surface area contributed by atoms with Crippen LogP contribution >= 0.6 is 0 Å². The number of carboxylic acids is 1. The van der Waals surface area contributed by atoms with Crippen LogP contribution in [0.2, 0.25) is 0 Å². The van der Waals surface area contributed by atoms with Gasteiger partial charge >= 0.3 is 5.97 Å². The van der Waals surface area contributed by atoms with E-state index < -0.39 is 17.8 Å². The highest BCUT2D eigenvalue weighted by Crippen LogP contribution is 2.28. The van der Waals surface area contributed by atoms with Crippen LogP contribution < -0.4 is 15.1 Å². The first-order chi connectivity index (χ1) is 14.6. The molecule has 0 saturated carbocycles. The van der Waals surface area contributed by atoms with Gasteiger partial charge in [0.1, 0.15) is 0 Å². The van der Waals surface area contributed by atoms with Gasteiger partial charge in [-0.3, -0.25) is 9.59 Å². The van der Waals surface area contributed by atoms with Crippen molar-refractivity contribution in [1.82, 2.24) is 0 Å². The highest BCUT2D eigenvalue weighted by Gasteiger charge is 2.33. The van der Waals surface area contributed by atoms with Gasteiger partial charge in [-0.25, -0.2) is 0 Å². The maximum Gasteiger partial charge on any atom is 0.307 e. The summed E-state index contributed by atoms with van der Waals surface area (Å²) in [6, 6.07) is 18.3. The smallest absolute Gasteiger partial charge is 0.307 e. The molecule has 1 amide bonds. The Labute approximate surface area is 176 Å². The van der Waals surface area contributed by atoms with Crippen LogP contribution in [-0.4, -0.2) is 43.2 Å². The van der Waals surface area contributed by atoms with Crippen molar-refractivity contribution in [3.05, 3.63) is 66.7 Å². The lowest BCUT2D eigenvalue weighted by Gasteiger charge is -2.37. The van der Waals surface area contributed by atoms with Gasteiger partial charge in [-0.2, -0.15) is 0 Å². The molecule has 0 spiro atoms. The van der Waals surface area contributed by atoms with Crippen LogP contribution in [0.5, 0.6) is 0 Å². The van der Waals surface area contributed by atoms with E-state index >= 15 is 0 Å². The lowest BCUT2D eigenvalue weighted by molar-refractivity contribution is -0.146. The molecule has 2 aromatic rings. The number of nitrogens with zero attached hydrogens (tertiary/aromatic N) is 2. The fourth-order valence-corrected chi connectivity index (χ4v) is 4.23. The Bertz CT molecular complexity index is 903. The number of hydrogen-bond donors (Lipinski definition) is 2. The first-order valence-electron chi connectivity index (χ1n) is 10.5. The molecule has 1 aliphatic carbocycles. The van der Waals surface area contributed by atoms with Crippen molar-refractivity contribution < 1.29 is 14.7 Å². The van der Waals surface area contributed by atoms with Crippen LogP contribution in [-0.2, 0) is 9.59 Å². The number of carbonyl (C=O) groups excluding carboxylic acids is 1. The first kappa shape index (κ1) is 20.0. The van der Waals surface area contributed by atoms with Crippen molar-refractivity contribution in [2.75, 3.05) is 41.3 Å². The quantitative estimate of drug-likeness (QED) is 0.744. The maximum atomic E-state index is 12.6. The Morgan fingerprint density at radius 2 is 1.30 bits per heavy atom. The van der Waals surface area contributed by atoms with Crippen LogP contribution in [0, 0.1) is 11.8 Å². The topological polar surface area (TPSA) is 72.9 Å². The minimum Gasteiger partial charge on any atom is -0.481 e. The third-order valence-electron chi connectivity index (χ3n) is 5.99. The molecule has 2 aliphatic rings. The van der Waals surface area contributed by atoms with Crippen LogP contribution in [0.4, 0.5) is 17.1 Å². The summed E-state index contributed by atoms with van der Waals surface area (Å²) in [4.78, 5) is 28.8. The first-order valence-corrected chi connectivity index (χ1v) is 10.5. The molecule has 0 unspecified atom stereocenters. The van der Waals surface area contributed by atoms with Crippen LogP contribution in [0.3, 0.4) is 0 Å². The summed E-state index contributed by atoms with van der Waals surface area (Å²) in [5, 5.41) is 12.3. The zero-order valence-electron chi connectivity index (χ0n) is 16.9. The van der Waals surface area contributed by atoms with Crippen molar-refractivity contribution in [2.45, 2.75) is 12.8 Å². The SMILES string of the molecule is O=C(O)[C@H]1CC=CC[C@H]1C(=O)Nc1ccc(N2CCN(c3ccccc3)CC2)cc1. The highest BCUT2D eigenvalue weighted by molar-refractivity contribution is 5.95. The van der Waals surface area contributed by atoms with Crippen molar-refractivity contribution in [3.8, 4) is 0 Å². The molecule has 6 heteroatoms. The van der Waals surface area contributed by atoms with Gasteiger partial charge in [-0.15, -0.1) is 0 Å². The zero-order valence-corrected chi connectivity index (χ0v) is 16.9. The molecule has 6 nitrogen and oxygen atoms in total. The molecule has 2 aromatic carbocycles. The van der Waals surface area contributed by atoms with Crippen molar-refractivity contribution in [3.63, 3.8) is 0 Å². The number of nitrogens with one attached hydrogen (secondary N) is 1. The van der Waals surface area contributed by atoms with Gasteiger partial charge < -0.3 is 20.2 Å². The summed E-state index contributed by atoms with van der Waals surface area (Å²) in [6.45, 7) is 3.81. The Balaban J connectivity index is 1.34. The molecule has 4 rings (SSSR count). The lowest BCUT2D eigenvalue weighted by Crippen LogP contribution is -2.46. The Morgan fingerprint density at radius 1 is 0.767 bits per heavy atom. The van der Waals surface area contributed by atoms with Gasteiger partial charge in [0.15, 0.2) is 0 Å². The Morgan fingerprint density at radius 3 is 1.87 bits per heavy atom. The molecule has 0 aromatic heterocycles. The van der Waals surface area contributed by atoms with E-state index in [1.807, 2.05) is 42.5 Å². The van der Waals surface area contributed by atoms with E-state index in [-0.39, 0.29) is 5.91 Å². The summed E-state index contributed by atoms with van der Waals surface area (Å²) >= 11 is 0. The van der Waals surface area contributed by atoms with E-state index in [1.54, 1.807) is 0 Å².